The first-order valence-electron chi connectivity index (χ1n) is 12.9. The molecule has 2 heterocycles. The molecule has 2 N–H and O–H groups in total. The van der Waals surface area contributed by atoms with E-state index in [0.717, 1.165) is 29.9 Å². The molecule has 1 saturated heterocycles. The fourth-order valence-electron chi connectivity index (χ4n) is 5.67. The average Bonchev–Trinajstić information content (AvgIpc) is 3.73. The molecule has 5 rings (SSSR count). The summed E-state index contributed by atoms with van der Waals surface area (Å²) in [5.41, 5.74) is -3.00. The van der Waals surface area contributed by atoms with Crippen LogP contribution in [-0.4, -0.2) is 47.0 Å². The highest BCUT2D eigenvalue weighted by Crippen LogP contribution is 2.49. The quantitative estimate of drug-likeness (QED) is 0.445. The van der Waals surface area contributed by atoms with Crippen LogP contribution in [0.25, 0.3) is 0 Å². The average molecular weight is 539 g/mol. The van der Waals surface area contributed by atoms with Crippen molar-refractivity contribution in [1.82, 2.24) is 14.8 Å². The highest BCUT2D eigenvalue weighted by atomic mass is 19.3. The summed E-state index contributed by atoms with van der Waals surface area (Å²) in [6.07, 6.45) is -4.44. The number of anilines is 1. The van der Waals surface area contributed by atoms with E-state index in [4.69, 9.17) is 0 Å². The molecule has 0 spiro atoms. The number of alkyl halides is 4. The fourth-order valence-corrected chi connectivity index (χ4v) is 5.67. The summed E-state index contributed by atoms with van der Waals surface area (Å²) in [7, 11) is 0. The molecule has 1 amide bonds. The first-order valence-corrected chi connectivity index (χ1v) is 12.9. The van der Waals surface area contributed by atoms with E-state index >= 15 is 0 Å². The van der Waals surface area contributed by atoms with E-state index in [1.54, 1.807) is 0 Å². The molecule has 2 saturated carbocycles. The number of piperidine rings is 1. The number of hydrogen-bond acceptors (Lipinski definition) is 4. The highest BCUT2D eigenvalue weighted by Gasteiger charge is 2.57. The van der Waals surface area contributed by atoms with E-state index in [9.17, 15) is 31.5 Å². The van der Waals surface area contributed by atoms with Crippen LogP contribution < -0.4 is 16.2 Å². The Balaban J connectivity index is 1.43. The SMILES string of the molecule is CC(C)N1C[C@@H]2[C@H](C1)[C@@H]2Nc1cc(=O)n(C2(C(F)F)CC2)cc1C(=O)N[C@H](C)c1cccc(C(F)F)c1F. The molecule has 1 aliphatic heterocycles. The second kappa shape index (κ2) is 9.66. The predicted molar refractivity (Wildman–Crippen MR) is 132 cm³/mol. The van der Waals surface area contributed by atoms with E-state index in [2.05, 4.69) is 29.4 Å². The van der Waals surface area contributed by atoms with Gasteiger partial charge in [0.2, 0.25) is 0 Å². The van der Waals surface area contributed by atoms with Crippen molar-refractivity contribution in [2.24, 2.45) is 11.8 Å². The van der Waals surface area contributed by atoms with E-state index in [-0.39, 0.29) is 35.7 Å². The van der Waals surface area contributed by atoms with Gasteiger partial charge in [0.15, 0.2) is 0 Å². The Hall–Kier alpha value is -2.95. The number of aromatic nitrogens is 1. The van der Waals surface area contributed by atoms with Gasteiger partial charge in [0.1, 0.15) is 11.4 Å². The van der Waals surface area contributed by atoms with Gasteiger partial charge in [0.05, 0.1) is 22.9 Å². The minimum absolute atomic E-state index is 0.0283. The molecular weight excluding hydrogens is 507 g/mol. The molecule has 1 aromatic heterocycles. The molecule has 0 radical (unpaired) electrons. The zero-order valence-corrected chi connectivity index (χ0v) is 21.4. The lowest BCUT2D eigenvalue weighted by Gasteiger charge is -2.25. The Morgan fingerprint density at radius 2 is 1.68 bits per heavy atom. The lowest BCUT2D eigenvalue weighted by Crippen LogP contribution is -2.38. The van der Waals surface area contributed by atoms with Gasteiger partial charge in [-0.2, -0.15) is 0 Å². The molecule has 4 atom stereocenters. The van der Waals surface area contributed by atoms with E-state index < -0.39 is 47.3 Å². The van der Waals surface area contributed by atoms with Crippen molar-refractivity contribution in [2.75, 3.05) is 18.4 Å². The number of pyridine rings is 1. The maximum atomic E-state index is 14.7. The summed E-state index contributed by atoms with van der Waals surface area (Å²) < 4.78 is 69.7. The van der Waals surface area contributed by atoms with Gasteiger partial charge < -0.3 is 20.1 Å². The van der Waals surface area contributed by atoms with Crippen molar-refractivity contribution in [3.8, 4) is 0 Å². The molecular formula is C27H31F5N4O2. The summed E-state index contributed by atoms with van der Waals surface area (Å²) in [5.74, 6) is -1.16. The van der Waals surface area contributed by atoms with Gasteiger partial charge in [-0.1, -0.05) is 18.2 Å². The summed E-state index contributed by atoms with van der Waals surface area (Å²) in [6.45, 7) is 7.44. The van der Waals surface area contributed by atoms with Crippen LogP contribution in [0.1, 0.15) is 67.6 Å². The third-order valence-electron chi connectivity index (χ3n) is 8.33. The van der Waals surface area contributed by atoms with Gasteiger partial charge >= 0.3 is 0 Å². The molecule has 3 fully saturated rings. The molecule has 2 aromatic rings. The third kappa shape index (κ3) is 4.58. The Morgan fingerprint density at radius 3 is 2.24 bits per heavy atom. The lowest BCUT2D eigenvalue weighted by molar-refractivity contribution is 0.0648. The van der Waals surface area contributed by atoms with Gasteiger partial charge in [-0.25, -0.2) is 22.0 Å². The molecule has 1 aromatic carbocycles. The minimum atomic E-state index is -3.02. The van der Waals surface area contributed by atoms with E-state index in [1.807, 2.05) is 0 Å². The van der Waals surface area contributed by atoms with Crippen LogP contribution in [0.4, 0.5) is 27.6 Å². The van der Waals surface area contributed by atoms with Gasteiger partial charge in [-0.15, -0.1) is 0 Å². The van der Waals surface area contributed by atoms with Crippen LogP contribution in [0.5, 0.6) is 0 Å². The zero-order valence-electron chi connectivity index (χ0n) is 21.4. The molecule has 206 valence electrons. The van der Waals surface area contributed by atoms with Crippen LogP contribution in [-0.2, 0) is 5.54 Å². The Labute approximate surface area is 217 Å². The van der Waals surface area contributed by atoms with Crippen LogP contribution in [0.3, 0.4) is 0 Å². The second-order valence-corrected chi connectivity index (χ2v) is 11.0. The number of carbonyl (C=O) groups is 1. The lowest BCUT2D eigenvalue weighted by atomic mass is 10.0. The van der Waals surface area contributed by atoms with Gasteiger partial charge in [0.25, 0.3) is 24.3 Å². The molecule has 0 bridgehead atoms. The topological polar surface area (TPSA) is 66.4 Å². The van der Waals surface area contributed by atoms with Crippen LogP contribution in [0.15, 0.2) is 35.3 Å². The van der Waals surface area contributed by atoms with Crippen molar-refractivity contribution in [1.29, 1.82) is 0 Å². The minimum Gasteiger partial charge on any atom is -0.381 e. The Morgan fingerprint density at radius 1 is 1.05 bits per heavy atom. The first kappa shape index (κ1) is 26.6. The number of likely N-dealkylation sites (tertiary alicyclic amines) is 1. The van der Waals surface area contributed by atoms with Gasteiger partial charge in [-0.05, 0) is 45.4 Å². The van der Waals surface area contributed by atoms with Crippen molar-refractivity contribution in [3.63, 3.8) is 0 Å². The molecule has 38 heavy (non-hydrogen) atoms. The van der Waals surface area contributed by atoms with Crippen molar-refractivity contribution in [2.45, 2.75) is 70.1 Å². The van der Waals surface area contributed by atoms with Crippen LogP contribution in [0.2, 0.25) is 0 Å². The number of amides is 1. The Kier molecular flexibility index (Phi) is 6.77. The predicted octanol–water partition coefficient (Wildman–Crippen LogP) is 4.92. The normalized spacial score (nSPS) is 24.6. The zero-order chi connectivity index (χ0) is 27.5. The van der Waals surface area contributed by atoms with E-state index in [1.165, 1.54) is 25.1 Å². The number of benzene rings is 1. The number of halogens is 5. The number of nitrogens with one attached hydrogen (secondary N) is 2. The standard InChI is InChI=1S/C27H31F5N4O2/c1-13(2)35-10-17-18(11-35)23(17)34-20-9-21(37)36(27(7-8-27)26(31)32)12-19(20)25(38)33-14(3)15-5-4-6-16(22(15)28)24(29)30/h4-6,9,12-14,17-18,23-24,26,34H,7-8,10-11H2,1-3H3,(H,33,38)/t14-,17-,18+,23-/m1/s1. The monoisotopic (exact) mass is 538 g/mol. The maximum Gasteiger partial charge on any atom is 0.266 e. The van der Waals surface area contributed by atoms with Crippen LogP contribution >= 0.6 is 0 Å². The number of rotatable bonds is 9. The van der Waals surface area contributed by atoms with Crippen molar-refractivity contribution >= 4 is 11.6 Å². The smallest absolute Gasteiger partial charge is 0.266 e. The summed E-state index contributed by atoms with van der Waals surface area (Å²) in [6, 6.07) is 4.17. The summed E-state index contributed by atoms with van der Waals surface area (Å²) >= 11 is 0. The molecule has 0 unspecified atom stereocenters. The van der Waals surface area contributed by atoms with E-state index in [0.29, 0.717) is 17.9 Å². The Bertz CT molecular complexity index is 1280. The van der Waals surface area contributed by atoms with Gasteiger partial charge in [0, 0.05) is 43.0 Å². The summed E-state index contributed by atoms with van der Waals surface area (Å²) in [5, 5.41) is 5.88. The molecule has 3 aliphatic rings. The second-order valence-electron chi connectivity index (χ2n) is 11.0. The molecule has 6 nitrogen and oxygen atoms in total. The van der Waals surface area contributed by atoms with Gasteiger partial charge in [-0.3, -0.25) is 9.59 Å². The molecule has 2 aliphatic carbocycles. The van der Waals surface area contributed by atoms with Crippen LogP contribution in [0, 0.1) is 17.7 Å². The number of carbonyl (C=O) groups excluding carboxylic acids is 1. The number of hydrogen-bond donors (Lipinski definition) is 2. The van der Waals surface area contributed by atoms with Crippen molar-refractivity contribution in [3.05, 3.63) is 63.3 Å². The highest BCUT2D eigenvalue weighted by molar-refractivity contribution is 5.99. The first-order chi connectivity index (χ1) is 17.9. The molecule has 11 heteroatoms. The third-order valence-corrected chi connectivity index (χ3v) is 8.33. The number of nitrogens with zero attached hydrogens (tertiary/aromatic N) is 2. The van der Waals surface area contributed by atoms with Crippen molar-refractivity contribution < 1.29 is 26.7 Å². The number of fused-ring (bicyclic) bond motifs is 1. The summed E-state index contributed by atoms with van der Waals surface area (Å²) in [4.78, 5) is 28.7. The maximum absolute atomic E-state index is 14.7. The fraction of sp³-hybridized carbons (Fsp3) is 0.556. The largest absolute Gasteiger partial charge is 0.381 e.